The number of amides is 1. The lowest BCUT2D eigenvalue weighted by atomic mass is 10.1. The summed E-state index contributed by atoms with van der Waals surface area (Å²) in [6.07, 6.45) is 0. The predicted molar refractivity (Wildman–Crippen MR) is 137 cm³/mol. The molecule has 1 amide bonds. The Morgan fingerprint density at radius 2 is 1.53 bits per heavy atom. The van der Waals surface area contributed by atoms with E-state index >= 15 is 0 Å². The minimum absolute atomic E-state index is 0.0649. The van der Waals surface area contributed by atoms with Crippen molar-refractivity contribution in [3.05, 3.63) is 87.4 Å². The average molecular weight is 521 g/mol. The molecule has 0 atom stereocenters. The lowest BCUT2D eigenvalue weighted by Gasteiger charge is -2.24. The fourth-order valence-corrected chi connectivity index (χ4v) is 5.06. The van der Waals surface area contributed by atoms with E-state index < -0.39 is 22.5 Å². The van der Waals surface area contributed by atoms with Crippen LogP contribution in [0.15, 0.2) is 65.6 Å². The van der Waals surface area contributed by atoms with Gasteiger partial charge in [0.15, 0.2) is 0 Å². The van der Waals surface area contributed by atoms with Crippen LogP contribution in [0, 0.1) is 20.8 Å². The summed E-state index contributed by atoms with van der Waals surface area (Å²) in [4.78, 5) is 12.8. The molecular weight excluding hydrogens is 495 g/mol. The molecule has 0 aliphatic heterocycles. The molecule has 180 valence electrons. The van der Waals surface area contributed by atoms with E-state index in [1.165, 1.54) is 30.3 Å². The molecule has 0 heterocycles. The number of hydrogen-bond acceptors (Lipinski definition) is 4. The molecule has 0 aliphatic carbocycles. The Morgan fingerprint density at radius 1 is 0.882 bits per heavy atom. The third-order valence-corrected chi connectivity index (χ3v) is 7.50. The molecule has 3 aromatic carbocycles. The van der Waals surface area contributed by atoms with Crippen molar-refractivity contribution in [3.63, 3.8) is 0 Å². The van der Waals surface area contributed by atoms with Crippen LogP contribution < -0.4 is 14.4 Å². The van der Waals surface area contributed by atoms with Crippen molar-refractivity contribution < 1.29 is 17.9 Å². The first kappa shape index (κ1) is 25.9. The average Bonchev–Trinajstić information content (AvgIpc) is 2.76. The summed E-state index contributed by atoms with van der Waals surface area (Å²) in [6, 6.07) is 16.7. The molecule has 6 nitrogen and oxygen atoms in total. The third-order valence-electron chi connectivity index (χ3n) is 4.98. The Kier molecular flexibility index (Phi) is 8.47. The van der Waals surface area contributed by atoms with E-state index in [4.69, 9.17) is 27.9 Å². The van der Waals surface area contributed by atoms with Crippen LogP contribution in [0.4, 0.5) is 5.69 Å². The van der Waals surface area contributed by atoms with Gasteiger partial charge in [0.25, 0.3) is 10.0 Å². The summed E-state index contributed by atoms with van der Waals surface area (Å²) in [5.41, 5.74) is 3.31. The summed E-state index contributed by atoms with van der Waals surface area (Å²) in [6.45, 7) is 5.84. The van der Waals surface area contributed by atoms with Crippen molar-refractivity contribution in [3.8, 4) is 5.75 Å². The lowest BCUT2D eigenvalue weighted by molar-refractivity contribution is -0.119. The van der Waals surface area contributed by atoms with Crippen molar-refractivity contribution in [2.24, 2.45) is 0 Å². The summed E-state index contributed by atoms with van der Waals surface area (Å²) in [7, 11) is -4.04. The van der Waals surface area contributed by atoms with E-state index in [1.807, 2.05) is 39.0 Å². The number of nitrogens with zero attached hydrogens (tertiary/aromatic N) is 1. The molecule has 0 unspecified atom stereocenters. The molecule has 0 saturated carbocycles. The molecule has 0 fully saturated rings. The summed E-state index contributed by atoms with van der Waals surface area (Å²) in [5, 5.41) is 3.18. The van der Waals surface area contributed by atoms with E-state index in [2.05, 4.69) is 5.32 Å². The first-order valence-corrected chi connectivity index (χ1v) is 12.8. The second kappa shape index (κ2) is 11.1. The maximum absolute atomic E-state index is 13.4. The van der Waals surface area contributed by atoms with Crippen molar-refractivity contribution in [1.82, 2.24) is 5.32 Å². The van der Waals surface area contributed by atoms with Gasteiger partial charge in [0.1, 0.15) is 18.9 Å². The van der Waals surface area contributed by atoms with Gasteiger partial charge in [-0.1, -0.05) is 47.0 Å². The lowest BCUT2D eigenvalue weighted by Crippen LogP contribution is -2.42. The van der Waals surface area contributed by atoms with Gasteiger partial charge in [0.2, 0.25) is 5.91 Å². The number of benzene rings is 3. The fourth-order valence-electron chi connectivity index (χ4n) is 3.35. The molecule has 9 heteroatoms. The Balaban J connectivity index is 1.73. The summed E-state index contributed by atoms with van der Waals surface area (Å²) in [5.74, 6) is 0.233. The van der Waals surface area contributed by atoms with Crippen LogP contribution in [0.25, 0.3) is 0 Å². The topological polar surface area (TPSA) is 75.7 Å². The van der Waals surface area contributed by atoms with Gasteiger partial charge < -0.3 is 10.1 Å². The zero-order valence-corrected chi connectivity index (χ0v) is 21.5. The Morgan fingerprint density at radius 3 is 2.15 bits per heavy atom. The monoisotopic (exact) mass is 520 g/mol. The highest BCUT2D eigenvalue weighted by Gasteiger charge is 2.27. The highest BCUT2D eigenvalue weighted by Crippen LogP contribution is 2.30. The van der Waals surface area contributed by atoms with E-state index in [-0.39, 0.29) is 33.8 Å². The SMILES string of the molecule is Cc1ccc(S(=O)(=O)N(CC(=O)NCCOc2cc(C)cc(C)c2)c2ccc(Cl)c(Cl)c2)cc1. The van der Waals surface area contributed by atoms with E-state index in [0.29, 0.717) is 5.75 Å². The molecule has 0 aromatic heterocycles. The molecular formula is C25H26Cl2N2O4S. The molecule has 3 rings (SSSR count). The number of sulfonamides is 1. The van der Waals surface area contributed by atoms with Gasteiger partial charge in [0, 0.05) is 0 Å². The third kappa shape index (κ3) is 6.65. The number of aryl methyl sites for hydroxylation is 3. The number of ether oxygens (including phenoxy) is 1. The minimum Gasteiger partial charge on any atom is -0.492 e. The Bertz CT molecular complexity index is 1260. The van der Waals surface area contributed by atoms with Gasteiger partial charge in [-0.3, -0.25) is 9.10 Å². The molecule has 0 saturated heterocycles. The second-order valence-electron chi connectivity index (χ2n) is 7.94. The first-order valence-electron chi connectivity index (χ1n) is 10.6. The van der Waals surface area contributed by atoms with Crippen LogP contribution in [0.1, 0.15) is 16.7 Å². The number of halogens is 2. The van der Waals surface area contributed by atoms with Crippen LogP contribution in [0.5, 0.6) is 5.75 Å². The van der Waals surface area contributed by atoms with Crippen LogP contribution in [0.2, 0.25) is 10.0 Å². The van der Waals surface area contributed by atoms with E-state index in [9.17, 15) is 13.2 Å². The highest BCUT2D eigenvalue weighted by molar-refractivity contribution is 7.92. The van der Waals surface area contributed by atoms with Crippen LogP contribution >= 0.6 is 23.2 Å². The van der Waals surface area contributed by atoms with Gasteiger partial charge in [-0.2, -0.15) is 0 Å². The highest BCUT2D eigenvalue weighted by atomic mass is 35.5. The van der Waals surface area contributed by atoms with Gasteiger partial charge >= 0.3 is 0 Å². The quantitative estimate of drug-likeness (QED) is 0.388. The Labute approximate surface area is 210 Å². The fraction of sp³-hybridized carbons (Fsp3) is 0.240. The minimum atomic E-state index is -4.04. The van der Waals surface area contributed by atoms with E-state index in [1.54, 1.807) is 12.1 Å². The van der Waals surface area contributed by atoms with Crippen molar-refractivity contribution >= 4 is 44.8 Å². The number of carbonyl (C=O) groups excluding carboxylic acids is 1. The number of rotatable bonds is 9. The smallest absolute Gasteiger partial charge is 0.264 e. The maximum atomic E-state index is 13.4. The van der Waals surface area contributed by atoms with Gasteiger partial charge in [-0.25, -0.2) is 8.42 Å². The molecule has 0 bridgehead atoms. The van der Waals surface area contributed by atoms with E-state index in [0.717, 1.165) is 21.0 Å². The van der Waals surface area contributed by atoms with Crippen molar-refractivity contribution in [2.45, 2.75) is 25.7 Å². The zero-order valence-electron chi connectivity index (χ0n) is 19.1. The summed E-state index contributed by atoms with van der Waals surface area (Å²) < 4.78 is 33.5. The molecule has 0 spiro atoms. The number of carbonyl (C=O) groups is 1. The van der Waals surface area contributed by atoms with Crippen molar-refractivity contribution in [1.29, 1.82) is 0 Å². The molecule has 0 aliphatic rings. The normalized spacial score (nSPS) is 11.2. The van der Waals surface area contributed by atoms with Gasteiger partial charge in [0.05, 0.1) is 27.2 Å². The maximum Gasteiger partial charge on any atom is 0.264 e. The first-order chi connectivity index (χ1) is 16.1. The molecule has 3 aromatic rings. The van der Waals surface area contributed by atoms with Gasteiger partial charge in [-0.15, -0.1) is 0 Å². The molecule has 0 radical (unpaired) electrons. The predicted octanol–water partition coefficient (Wildman–Crippen LogP) is 5.31. The zero-order chi connectivity index (χ0) is 24.9. The van der Waals surface area contributed by atoms with Gasteiger partial charge in [-0.05, 0) is 74.4 Å². The number of hydrogen-bond donors (Lipinski definition) is 1. The largest absolute Gasteiger partial charge is 0.492 e. The van der Waals surface area contributed by atoms with Crippen LogP contribution in [-0.4, -0.2) is 34.0 Å². The van der Waals surface area contributed by atoms with Crippen LogP contribution in [0.3, 0.4) is 0 Å². The number of nitrogens with one attached hydrogen (secondary N) is 1. The Hall–Kier alpha value is -2.74. The second-order valence-corrected chi connectivity index (χ2v) is 10.6. The van der Waals surface area contributed by atoms with Crippen molar-refractivity contribution in [2.75, 3.05) is 24.0 Å². The molecule has 1 N–H and O–H groups in total. The standard InChI is InChI=1S/C25H26Cl2N2O4S/c1-17-4-7-22(8-5-17)34(31,32)29(20-6-9-23(26)24(27)15-20)16-25(30)28-10-11-33-21-13-18(2)12-19(3)14-21/h4-9,12-15H,10-11,16H2,1-3H3,(H,28,30). The molecule has 34 heavy (non-hydrogen) atoms. The van der Waals surface area contributed by atoms with Crippen LogP contribution in [-0.2, 0) is 14.8 Å². The summed E-state index contributed by atoms with van der Waals surface area (Å²) >= 11 is 12.1. The number of anilines is 1.